The Morgan fingerprint density at radius 2 is 2.25 bits per heavy atom. The third-order valence-electron chi connectivity index (χ3n) is 2.68. The molecule has 0 aliphatic heterocycles. The van der Waals surface area contributed by atoms with E-state index in [1.165, 1.54) is 12.8 Å². The molecule has 0 heterocycles. The van der Waals surface area contributed by atoms with Crippen molar-refractivity contribution >= 4 is 0 Å². The van der Waals surface area contributed by atoms with E-state index in [4.69, 9.17) is 10.5 Å². The Kier molecular flexibility index (Phi) is 3.48. The van der Waals surface area contributed by atoms with Crippen molar-refractivity contribution in [2.45, 2.75) is 19.8 Å². The Labute approximate surface area is 96.8 Å². The lowest BCUT2D eigenvalue weighted by Gasteiger charge is -2.08. The van der Waals surface area contributed by atoms with Gasteiger partial charge in [-0.1, -0.05) is 11.8 Å². The molecular weight excluding hydrogens is 198 g/mol. The summed E-state index contributed by atoms with van der Waals surface area (Å²) in [5, 5.41) is 0. The molecule has 0 unspecified atom stereocenters. The van der Waals surface area contributed by atoms with Crippen molar-refractivity contribution in [1.29, 1.82) is 0 Å². The van der Waals surface area contributed by atoms with Crippen LogP contribution in [0.25, 0.3) is 0 Å². The van der Waals surface area contributed by atoms with E-state index in [0.29, 0.717) is 6.54 Å². The zero-order chi connectivity index (χ0) is 11.4. The maximum Gasteiger partial charge on any atom is 0.122 e. The Hall–Kier alpha value is -1.46. The first-order valence-corrected chi connectivity index (χ1v) is 5.72. The molecule has 2 N–H and O–H groups in total. The molecule has 84 valence electrons. The van der Waals surface area contributed by atoms with Crippen molar-refractivity contribution < 1.29 is 4.74 Å². The van der Waals surface area contributed by atoms with E-state index >= 15 is 0 Å². The predicted octanol–water partition coefficient (Wildman–Crippen LogP) is 2.09. The van der Waals surface area contributed by atoms with Crippen molar-refractivity contribution in [2.75, 3.05) is 13.2 Å². The van der Waals surface area contributed by atoms with Crippen molar-refractivity contribution in [3.63, 3.8) is 0 Å². The van der Waals surface area contributed by atoms with Gasteiger partial charge in [0.25, 0.3) is 0 Å². The number of aryl methyl sites for hydroxylation is 1. The quantitative estimate of drug-likeness (QED) is 0.784. The van der Waals surface area contributed by atoms with E-state index in [0.717, 1.165) is 29.4 Å². The minimum Gasteiger partial charge on any atom is -0.493 e. The highest BCUT2D eigenvalue weighted by Crippen LogP contribution is 2.30. The fourth-order valence-corrected chi connectivity index (χ4v) is 1.53. The van der Waals surface area contributed by atoms with Crippen LogP contribution in [0.1, 0.15) is 24.0 Å². The maximum atomic E-state index is 5.75. The molecule has 1 saturated carbocycles. The second kappa shape index (κ2) is 5.05. The lowest BCUT2D eigenvalue weighted by Crippen LogP contribution is -2.00. The second-order valence-corrected chi connectivity index (χ2v) is 4.24. The summed E-state index contributed by atoms with van der Waals surface area (Å²) in [6, 6.07) is 6.03. The van der Waals surface area contributed by atoms with E-state index in [1.54, 1.807) is 0 Å². The summed E-state index contributed by atoms with van der Waals surface area (Å²) in [6.45, 7) is 3.31. The number of benzene rings is 1. The summed E-state index contributed by atoms with van der Waals surface area (Å²) in [5.74, 6) is 7.63. The molecule has 2 heteroatoms. The summed E-state index contributed by atoms with van der Waals surface area (Å²) in [5.41, 5.74) is 7.48. The topological polar surface area (TPSA) is 35.2 Å². The van der Waals surface area contributed by atoms with Crippen LogP contribution in [0.15, 0.2) is 18.2 Å². The number of rotatable bonds is 3. The van der Waals surface area contributed by atoms with Crippen LogP contribution in [-0.4, -0.2) is 13.2 Å². The van der Waals surface area contributed by atoms with E-state index < -0.39 is 0 Å². The molecule has 1 aromatic carbocycles. The highest BCUT2D eigenvalue weighted by molar-refractivity contribution is 5.43. The molecule has 0 spiro atoms. The summed E-state index contributed by atoms with van der Waals surface area (Å²) in [4.78, 5) is 0. The summed E-state index contributed by atoms with van der Waals surface area (Å²) in [6.07, 6.45) is 2.64. The van der Waals surface area contributed by atoms with Gasteiger partial charge in [0.15, 0.2) is 0 Å². The first-order chi connectivity index (χ1) is 7.79. The smallest absolute Gasteiger partial charge is 0.122 e. The van der Waals surface area contributed by atoms with Gasteiger partial charge in [-0.15, -0.1) is 0 Å². The molecule has 1 aliphatic carbocycles. The van der Waals surface area contributed by atoms with Gasteiger partial charge in [-0.05, 0) is 49.4 Å². The van der Waals surface area contributed by atoms with Crippen LogP contribution in [0.3, 0.4) is 0 Å². The van der Waals surface area contributed by atoms with Gasteiger partial charge >= 0.3 is 0 Å². The molecule has 16 heavy (non-hydrogen) atoms. The molecule has 1 aromatic rings. The van der Waals surface area contributed by atoms with E-state index in [1.807, 2.05) is 18.2 Å². The van der Waals surface area contributed by atoms with Gasteiger partial charge in [-0.25, -0.2) is 0 Å². The largest absolute Gasteiger partial charge is 0.493 e. The van der Waals surface area contributed by atoms with E-state index in [-0.39, 0.29) is 0 Å². The lowest BCUT2D eigenvalue weighted by molar-refractivity contribution is 0.298. The average Bonchev–Trinajstić information content (AvgIpc) is 3.09. The summed E-state index contributed by atoms with van der Waals surface area (Å²) < 4.78 is 5.75. The van der Waals surface area contributed by atoms with Crippen molar-refractivity contribution in [3.8, 4) is 17.6 Å². The molecule has 0 amide bonds. The van der Waals surface area contributed by atoms with E-state index in [9.17, 15) is 0 Å². The molecular formula is C14H17NO. The minimum absolute atomic E-state index is 0.402. The minimum atomic E-state index is 0.402. The van der Waals surface area contributed by atoms with Gasteiger partial charge in [-0.2, -0.15) is 0 Å². The number of hydrogen-bond donors (Lipinski definition) is 1. The molecule has 1 fully saturated rings. The number of ether oxygens (including phenoxy) is 1. The summed E-state index contributed by atoms with van der Waals surface area (Å²) in [7, 11) is 0. The normalized spacial score (nSPS) is 14.1. The number of hydrogen-bond acceptors (Lipinski definition) is 2. The van der Waals surface area contributed by atoms with Crippen LogP contribution in [0.2, 0.25) is 0 Å². The average molecular weight is 215 g/mol. The zero-order valence-electron chi connectivity index (χ0n) is 9.62. The van der Waals surface area contributed by atoms with Gasteiger partial charge in [-0.3, -0.25) is 0 Å². The highest BCUT2D eigenvalue weighted by atomic mass is 16.5. The molecule has 0 atom stereocenters. The van der Waals surface area contributed by atoms with Gasteiger partial charge in [0, 0.05) is 5.56 Å². The van der Waals surface area contributed by atoms with Crippen molar-refractivity contribution in [3.05, 3.63) is 29.3 Å². The summed E-state index contributed by atoms with van der Waals surface area (Å²) >= 11 is 0. The Bertz CT molecular complexity index is 424. The zero-order valence-corrected chi connectivity index (χ0v) is 9.62. The van der Waals surface area contributed by atoms with Crippen molar-refractivity contribution in [1.82, 2.24) is 0 Å². The molecule has 2 nitrogen and oxygen atoms in total. The Morgan fingerprint density at radius 3 is 2.88 bits per heavy atom. The second-order valence-electron chi connectivity index (χ2n) is 4.24. The van der Waals surface area contributed by atoms with Gasteiger partial charge < -0.3 is 10.5 Å². The first kappa shape index (κ1) is 11.0. The van der Waals surface area contributed by atoms with Crippen LogP contribution in [-0.2, 0) is 0 Å². The molecule has 0 bridgehead atoms. The Balaban J connectivity index is 2.02. The maximum absolute atomic E-state index is 5.75. The van der Waals surface area contributed by atoms with Gasteiger partial charge in [0.1, 0.15) is 5.75 Å². The molecule has 2 rings (SSSR count). The number of nitrogens with two attached hydrogens (primary N) is 1. The van der Waals surface area contributed by atoms with Crippen molar-refractivity contribution in [2.24, 2.45) is 11.7 Å². The third kappa shape index (κ3) is 3.01. The fourth-order valence-electron chi connectivity index (χ4n) is 1.53. The third-order valence-corrected chi connectivity index (χ3v) is 2.68. The molecule has 0 saturated heterocycles. The fraction of sp³-hybridized carbons (Fsp3) is 0.429. The van der Waals surface area contributed by atoms with Crippen LogP contribution >= 0.6 is 0 Å². The van der Waals surface area contributed by atoms with E-state index in [2.05, 4.69) is 18.8 Å². The van der Waals surface area contributed by atoms with Crippen LogP contribution in [0, 0.1) is 24.7 Å². The first-order valence-electron chi connectivity index (χ1n) is 5.72. The van der Waals surface area contributed by atoms with Crippen LogP contribution in [0.5, 0.6) is 5.75 Å². The monoisotopic (exact) mass is 215 g/mol. The van der Waals surface area contributed by atoms with Crippen LogP contribution < -0.4 is 10.5 Å². The van der Waals surface area contributed by atoms with Crippen LogP contribution in [0.4, 0.5) is 0 Å². The SMILES string of the molecule is Cc1cc(C#CCN)ccc1OCC1CC1. The molecule has 0 radical (unpaired) electrons. The Morgan fingerprint density at radius 1 is 1.44 bits per heavy atom. The molecule has 1 aliphatic rings. The van der Waals surface area contributed by atoms with Gasteiger partial charge in [0.2, 0.25) is 0 Å². The van der Waals surface area contributed by atoms with Gasteiger partial charge in [0.05, 0.1) is 13.2 Å². The molecule has 0 aromatic heterocycles. The lowest BCUT2D eigenvalue weighted by atomic mass is 10.1. The standard InChI is InChI=1S/C14H17NO/c1-11-9-12(3-2-8-15)6-7-14(11)16-10-13-4-5-13/h6-7,9,13H,4-5,8,10,15H2,1H3. The highest BCUT2D eigenvalue weighted by Gasteiger charge is 2.22. The predicted molar refractivity (Wildman–Crippen MR) is 65.3 cm³/mol.